The first-order chi connectivity index (χ1) is 14.7. The van der Waals surface area contributed by atoms with Crippen molar-refractivity contribution < 1.29 is 9.53 Å². The summed E-state index contributed by atoms with van der Waals surface area (Å²) in [5, 5.41) is 4.35. The highest BCUT2D eigenvalue weighted by Gasteiger charge is 2.23. The van der Waals surface area contributed by atoms with Gasteiger partial charge in [-0.3, -0.25) is 9.69 Å². The molecule has 1 saturated heterocycles. The Labute approximate surface area is 178 Å². The third-order valence-electron chi connectivity index (χ3n) is 6.23. The zero-order valence-corrected chi connectivity index (χ0v) is 17.9. The molecule has 1 aliphatic rings. The predicted molar refractivity (Wildman–Crippen MR) is 122 cm³/mol. The third-order valence-corrected chi connectivity index (χ3v) is 6.23. The zero-order valence-electron chi connectivity index (χ0n) is 17.9. The number of aromatic nitrogens is 1. The summed E-state index contributed by atoms with van der Waals surface area (Å²) in [4.78, 5) is 18.6. The van der Waals surface area contributed by atoms with Crippen LogP contribution in [0.25, 0.3) is 22.2 Å². The van der Waals surface area contributed by atoms with Crippen molar-refractivity contribution in [2.24, 2.45) is 0 Å². The van der Waals surface area contributed by atoms with Crippen LogP contribution in [0, 0.1) is 0 Å². The monoisotopic (exact) mass is 405 g/mol. The van der Waals surface area contributed by atoms with Gasteiger partial charge in [0.25, 0.3) is 0 Å². The number of H-pyrrole nitrogens is 1. The lowest BCUT2D eigenvalue weighted by atomic mass is 10.0. The summed E-state index contributed by atoms with van der Waals surface area (Å²) in [6.45, 7) is 5.16. The number of carbonyl (C=O) groups is 1. The molecule has 2 heterocycles. The molecule has 0 saturated carbocycles. The van der Waals surface area contributed by atoms with Gasteiger partial charge in [0.2, 0.25) is 5.91 Å². The summed E-state index contributed by atoms with van der Waals surface area (Å²) in [7, 11) is 1.67. The maximum Gasteiger partial charge on any atom is 0.220 e. The van der Waals surface area contributed by atoms with E-state index in [1.165, 1.54) is 23.8 Å². The molecule has 1 atom stereocenters. The summed E-state index contributed by atoms with van der Waals surface area (Å²) in [5.41, 5.74) is 4.48. The normalized spacial score (nSPS) is 16.8. The van der Waals surface area contributed by atoms with Crippen LogP contribution in [0.1, 0.15) is 31.7 Å². The van der Waals surface area contributed by atoms with Crippen LogP contribution >= 0.6 is 0 Å². The molecule has 0 unspecified atom stereocenters. The summed E-state index contributed by atoms with van der Waals surface area (Å²) in [6.07, 6.45) is 3.61. The number of nitrogens with zero attached hydrogens (tertiary/aromatic N) is 1. The van der Waals surface area contributed by atoms with Gasteiger partial charge >= 0.3 is 0 Å². The Bertz CT molecular complexity index is 993. The topological polar surface area (TPSA) is 57.4 Å². The minimum atomic E-state index is 0.129. The van der Waals surface area contributed by atoms with E-state index in [0.717, 1.165) is 42.2 Å². The van der Waals surface area contributed by atoms with Crippen molar-refractivity contribution >= 4 is 16.8 Å². The highest BCUT2D eigenvalue weighted by Crippen LogP contribution is 2.32. The van der Waals surface area contributed by atoms with E-state index in [2.05, 4.69) is 52.5 Å². The summed E-state index contributed by atoms with van der Waals surface area (Å²) in [5.74, 6) is 0.965. The zero-order chi connectivity index (χ0) is 20.9. The second kappa shape index (κ2) is 9.35. The van der Waals surface area contributed by atoms with Gasteiger partial charge in [-0.05, 0) is 73.8 Å². The fraction of sp³-hybridized carbons (Fsp3) is 0.400. The largest absolute Gasteiger partial charge is 0.497 e. The third kappa shape index (κ3) is 4.36. The number of likely N-dealkylation sites (N-methyl/N-ethyl adjacent to an activating group) is 1. The molecule has 4 rings (SSSR count). The van der Waals surface area contributed by atoms with Gasteiger partial charge in [-0.15, -0.1) is 0 Å². The van der Waals surface area contributed by atoms with Crippen molar-refractivity contribution in [2.45, 2.75) is 38.6 Å². The Morgan fingerprint density at radius 1 is 1.20 bits per heavy atom. The van der Waals surface area contributed by atoms with Crippen LogP contribution < -0.4 is 10.1 Å². The minimum absolute atomic E-state index is 0.129. The Kier molecular flexibility index (Phi) is 6.38. The van der Waals surface area contributed by atoms with Crippen LogP contribution in [0.4, 0.5) is 0 Å². The van der Waals surface area contributed by atoms with Crippen LogP contribution in [0.15, 0.2) is 48.5 Å². The van der Waals surface area contributed by atoms with Gasteiger partial charge in [-0.25, -0.2) is 0 Å². The molecule has 2 aromatic carbocycles. The van der Waals surface area contributed by atoms with E-state index in [1.807, 2.05) is 18.2 Å². The number of aromatic amines is 1. The van der Waals surface area contributed by atoms with E-state index < -0.39 is 0 Å². The number of amides is 1. The number of benzene rings is 2. The molecule has 1 amide bonds. The van der Waals surface area contributed by atoms with Crippen LogP contribution in [0.5, 0.6) is 5.75 Å². The molecule has 30 heavy (non-hydrogen) atoms. The van der Waals surface area contributed by atoms with Crippen molar-refractivity contribution in [3.63, 3.8) is 0 Å². The second-order valence-corrected chi connectivity index (χ2v) is 7.98. The SMILES string of the molecule is CCN1CCC[C@H]1CNC(=O)CCc1c(-c2ccc(OC)cc2)[nH]c2ccccc12. The van der Waals surface area contributed by atoms with Gasteiger partial charge < -0.3 is 15.0 Å². The summed E-state index contributed by atoms with van der Waals surface area (Å²) >= 11 is 0. The Morgan fingerprint density at radius 2 is 2.00 bits per heavy atom. The maximum absolute atomic E-state index is 12.6. The second-order valence-electron chi connectivity index (χ2n) is 7.98. The van der Waals surface area contributed by atoms with Gasteiger partial charge in [0, 0.05) is 35.6 Å². The number of rotatable bonds is 8. The van der Waals surface area contributed by atoms with Crippen molar-refractivity contribution in [2.75, 3.05) is 26.7 Å². The molecule has 0 radical (unpaired) electrons. The number of carbonyl (C=O) groups excluding carboxylic acids is 1. The molecular weight excluding hydrogens is 374 g/mol. The quantitative estimate of drug-likeness (QED) is 0.585. The molecule has 5 heteroatoms. The summed E-state index contributed by atoms with van der Waals surface area (Å²) in [6, 6.07) is 16.9. The van der Waals surface area contributed by atoms with Crippen molar-refractivity contribution in [3.05, 3.63) is 54.1 Å². The Morgan fingerprint density at radius 3 is 2.77 bits per heavy atom. The molecule has 1 fully saturated rings. The molecular formula is C25H31N3O2. The lowest BCUT2D eigenvalue weighted by molar-refractivity contribution is -0.121. The number of para-hydroxylation sites is 1. The fourth-order valence-corrected chi connectivity index (χ4v) is 4.57. The highest BCUT2D eigenvalue weighted by atomic mass is 16.5. The number of ether oxygens (including phenoxy) is 1. The molecule has 0 bridgehead atoms. The van der Waals surface area contributed by atoms with Crippen LogP contribution in [0.2, 0.25) is 0 Å². The van der Waals surface area contributed by atoms with E-state index >= 15 is 0 Å². The molecule has 1 aromatic heterocycles. The number of hydrogen-bond acceptors (Lipinski definition) is 3. The van der Waals surface area contributed by atoms with Gasteiger partial charge in [-0.2, -0.15) is 0 Å². The number of methoxy groups -OCH3 is 1. The number of likely N-dealkylation sites (tertiary alicyclic amines) is 1. The average molecular weight is 406 g/mol. The van der Waals surface area contributed by atoms with Crippen molar-refractivity contribution in [1.29, 1.82) is 0 Å². The molecule has 158 valence electrons. The molecule has 2 N–H and O–H groups in total. The lowest BCUT2D eigenvalue weighted by Crippen LogP contribution is -2.40. The maximum atomic E-state index is 12.6. The van der Waals surface area contributed by atoms with Gasteiger partial charge in [0.05, 0.1) is 7.11 Å². The summed E-state index contributed by atoms with van der Waals surface area (Å²) < 4.78 is 5.29. The first-order valence-electron chi connectivity index (χ1n) is 10.9. The van der Waals surface area contributed by atoms with E-state index in [1.54, 1.807) is 7.11 Å². The number of hydrogen-bond donors (Lipinski definition) is 2. The van der Waals surface area contributed by atoms with Gasteiger partial charge in [-0.1, -0.05) is 25.1 Å². The fourth-order valence-electron chi connectivity index (χ4n) is 4.57. The van der Waals surface area contributed by atoms with Crippen LogP contribution in [-0.4, -0.2) is 48.6 Å². The van der Waals surface area contributed by atoms with Gasteiger partial charge in [0.1, 0.15) is 5.75 Å². The first kappa shape index (κ1) is 20.5. The number of aryl methyl sites for hydroxylation is 1. The van der Waals surface area contributed by atoms with Crippen LogP contribution in [0.3, 0.4) is 0 Å². The predicted octanol–water partition coefficient (Wildman–Crippen LogP) is 4.38. The first-order valence-corrected chi connectivity index (χ1v) is 10.9. The van der Waals surface area contributed by atoms with E-state index in [-0.39, 0.29) is 5.91 Å². The Hall–Kier alpha value is -2.79. The van der Waals surface area contributed by atoms with Gasteiger partial charge in [0.15, 0.2) is 0 Å². The molecule has 0 spiro atoms. The van der Waals surface area contributed by atoms with E-state index in [9.17, 15) is 4.79 Å². The molecule has 0 aliphatic carbocycles. The van der Waals surface area contributed by atoms with E-state index in [4.69, 9.17) is 4.74 Å². The van der Waals surface area contributed by atoms with Crippen molar-refractivity contribution in [3.8, 4) is 17.0 Å². The minimum Gasteiger partial charge on any atom is -0.497 e. The molecule has 5 nitrogen and oxygen atoms in total. The standard InChI is InChI=1S/C25H31N3O2/c1-3-28-16-6-7-19(28)17-26-24(29)15-14-22-21-8-4-5-9-23(21)27-25(22)18-10-12-20(30-2)13-11-18/h4-5,8-13,19,27H,3,6-7,14-17H2,1-2H3,(H,26,29)/t19-/m0/s1. The van der Waals surface area contributed by atoms with Crippen LogP contribution in [-0.2, 0) is 11.2 Å². The number of fused-ring (bicyclic) bond motifs is 1. The average Bonchev–Trinajstić information content (AvgIpc) is 3.40. The smallest absolute Gasteiger partial charge is 0.220 e. The highest BCUT2D eigenvalue weighted by molar-refractivity contribution is 5.91. The number of nitrogens with one attached hydrogen (secondary N) is 2. The lowest BCUT2D eigenvalue weighted by Gasteiger charge is -2.22. The molecule has 1 aliphatic heterocycles. The Balaban J connectivity index is 1.48. The molecule has 3 aromatic rings. The van der Waals surface area contributed by atoms with E-state index in [0.29, 0.717) is 18.9 Å². The van der Waals surface area contributed by atoms with Crippen molar-refractivity contribution in [1.82, 2.24) is 15.2 Å².